The van der Waals surface area contributed by atoms with E-state index < -0.39 is 0 Å². The van der Waals surface area contributed by atoms with Crippen LogP contribution in [0.2, 0.25) is 0 Å². The first-order chi connectivity index (χ1) is 44.1. The Hall–Kier alpha value is -10.4. The van der Waals surface area contributed by atoms with E-state index in [1.807, 2.05) is 30.6 Å². The van der Waals surface area contributed by atoms with Gasteiger partial charge in [-0.3, -0.25) is 4.98 Å². The van der Waals surface area contributed by atoms with E-state index in [4.69, 9.17) is 9.97 Å². The molecule has 0 aliphatic carbocycles. The molecule has 3 heteroatoms. The summed E-state index contributed by atoms with van der Waals surface area (Å²) in [6, 6.07) is 122. The maximum atomic E-state index is 4.80. The standard InChI is InChI=1S/C44H35N.C44H34N.Ir/c2*1-44(2,41-20-7-4-8-21-41)42-25-22-33(23-26-42)34-14-9-15-35(28-34)36-16-10-17-37(29-36)38-18-11-19-39(30-38)43-27-24-40(31-45-43)32-12-5-3-6-13-32;/h3-31H,1-2H3;3-18,20-31H,1-2H3;/q;-1;. The average molecular weight is 1350 g/mol. The van der Waals surface area contributed by atoms with Gasteiger partial charge in [0.2, 0.25) is 0 Å². The van der Waals surface area contributed by atoms with Crippen LogP contribution in [0.3, 0.4) is 0 Å². The summed E-state index contributed by atoms with van der Waals surface area (Å²) in [6.45, 7) is 9.16. The Morgan fingerprint density at radius 2 is 0.484 bits per heavy atom. The fourth-order valence-electron chi connectivity index (χ4n) is 12.1. The second-order valence-corrected chi connectivity index (χ2v) is 24.1. The minimum atomic E-state index is -0.0567. The van der Waals surface area contributed by atoms with Crippen LogP contribution in [-0.2, 0) is 30.9 Å². The van der Waals surface area contributed by atoms with Crippen molar-refractivity contribution in [2.24, 2.45) is 0 Å². The Kier molecular flexibility index (Phi) is 18.4. The van der Waals surface area contributed by atoms with Gasteiger partial charge in [-0.2, -0.15) is 0 Å². The Labute approximate surface area is 550 Å². The van der Waals surface area contributed by atoms with Crippen LogP contribution >= 0.6 is 0 Å². The summed E-state index contributed by atoms with van der Waals surface area (Å²) in [5.41, 5.74) is 28.0. The fraction of sp³-hybridized carbons (Fsp3) is 0.0682. The van der Waals surface area contributed by atoms with Gasteiger partial charge >= 0.3 is 0 Å². The maximum Gasteiger partial charge on any atom is 0.0702 e. The maximum absolute atomic E-state index is 4.80. The SMILES string of the molecule is CC(C)(c1ccccc1)c1ccc(-c2cccc(-c3cccc(-c4cc[c-]c(-c5ccc(-c6ccccc6)cn5)c4)c3)c2)cc1.CC(C)(c1ccccc1)c1ccc(-c2cccc(-c3cccc(-c4cccc(-c5ccc(-c6ccccc6)cn5)c4)c3)c2)cc1.[Ir]. The van der Waals surface area contributed by atoms with Crippen molar-refractivity contribution < 1.29 is 20.1 Å². The van der Waals surface area contributed by atoms with Crippen LogP contribution in [0.5, 0.6) is 0 Å². The van der Waals surface area contributed by atoms with E-state index in [0.29, 0.717) is 0 Å². The fourth-order valence-corrected chi connectivity index (χ4v) is 12.1. The first-order valence-electron chi connectivity index (χ1n) is 31.0. The van der Waals surface area contributed by atoms with Crippen LogP contribution in [0.25, 0.3) is 112 Å². The number of benzene rings is 12. The molecule has 0 bridgehead atoms. The van der Waals surface area contributed by atoms with Gasteiger partial charge in [0.25, 0.3) is 0 Å². The van der Waals surface area contributed by atoms with E-state index in [1.165, 1.54) is 94.6 Å². The van der Waals surface area contributed by atoms with Crippen LogP contribution in [0, 0.1) is 6.07 Å². The summed E-state index contributed by atoms with van der Waals surface area (Å²) in [6.07, 6.45) is 3.90. The van der Waals surface area contributed by atoms with Crippen LogP contribution in [0.1, 0.15) is 49.9 Å². The Morgan fingerprint density at radius 3 is 0.835 bits per heavy atom. The Balaban J connectivity index is 0.000000174. The van der Waals surface area contributed by atoms with Crippen molar-refractivity contribution in [1.82, 2.24) is 9.97 Å². The molecule has 0 spiro atoms. The quantitative estimate of drug-likeness (QED) is 0.101. The van der Waals surface area contributed by atoms with Gasteiger partial charge in [-0.25, -0.2) is 0 Å². The van der Waals surface area contributed by atoms with Crippen molar-refractivity contribution >= 4 is 0 Å². The molecule has 12 aromatic carbocycles. The van der Waals surface area contributed by atoms with Gasteiger partial charge in [-0.1, -0.05) is 307 Å². The zero-order valence-corrected chi connectivity index (χ0v) is 54.0. The van der Waals surface area contributed by atoms with E-state index in [9.17, 15) is 0 Å². The number of rotatable bonds is 14. The molecule has 0 N–H and O–H groups in total. The molecule has 0 saturated carbocycles. The summed E-state index contributed by atoms with van der Waals surface area (Å²) in [5, 5.41) is 0. The van der Waals surface area contributed by atoms with Crippen molar-refractivity contribution in [1.29, 1.82) is 0 Å². The number of nitrogens with zero attached hydrogens (tertiary/aromatic N) is 2. The molecule has 441 valence electrons. The molecule has 0 atom stereocenters. The predicted molar refractivity (Wildman–Crippen MR) is 379 cm³/mol. The molecule has 14 rings (SSSR count). The van der Waals surface area contributed by atoms with Gasteiger partial charge < -0.3 is 4.98 Å². The second-order valence-electron chi connectivity index (χ2n) is 24.1. The first-order valence-corrected chi connectivity index (χ1v) is 31.0. The zero-order chi connectivity index (χ0) is 61.3. The minimum absolute atomic E-state index is 0. The average Bonchev–Trinajstić information content (AvgIpc) is 1.23. The third-order valence-corrected chi connectivity index (χ3v) is 17.6. The number of hydrogen-bond donors (Lipinski definition) is 0. The van der Waals surface area contributed by atoms with E-state index in [-0.39, 0.29) is 30.9 Å². The van der Waals surface area contributed by atoms with E-state index in [1.54, 1.807) is 0 Å². The second kappa shape index (κ2) is 27.5. The number of pyridine rings is 2. The van der Waals surface area contributed by atoms with Gasteiger partial charge in [-0.05, 0) is 142 Å². The molecule has 2 nitrogen and oxygen atoms in total. The topological polar surface area (TPSA) is 25.8 Å². The summed E-state index contributed by atoms with van der Waals surface area (Å²) < 4.78 is 0. The van der Waals surface area contributed by atoms with Crippen LogP contribution in [-0.4, -0.2) is 9.97 Å². The smallest absolute Gasteiger partial charge is 0.0702 e. The summed E-state index contributed by atoms with van der Waals surface area (Å²) in [7, 11) is 0. The Bertz CT molecular complexity index is 4390. The molecular weight excluding hydrogens is 1280 g/mol. The van der Waals surface area contributed by atoms with Crippen LogP contribution in [0.4, 0.5) is 0 Å². The largest absolute Gasteiger partial charge is 0.304 e. The van der Waals surface area contributed by atoms with E-state index in [0.717, 1.165) is 39.2 Å². The summed E-state index contributed by atoms with van der Waals surface area (Å²) >= 11 is 0. The van der Waals surface area contributed by atoms with Crippen molar-refractivity contribution in [3.05, 3.63) is 374 Å². The van der Waals surface area contributed by atoms with E-state index >= 15 is 0 Å². The molecule has 0 amide bonds. The third-order valence-electron chi connectivity index (χ3n) is 17.6. The van der Waals surface area contributed by atoms with Gasteiger partial charge in [0.15, 0.2) is 0 Å². The van der Waals surface area contributed by atoms with Gasteiger partial charge in [-0.15, -0.1) is 35.4 Å². The first kappa shape index (κ1) is 60.9. The molecule has 0 unspecified atom stereocenters. The zero-order valence-electron chi connectivity index (χ0n) is 51.6. The third kappa shape index (κ3) is 13.9. The van der Waals surface area contributed by atoms with Gasteiger partial charge in [0, 0.05) is 54.5 Å². The molecule has 91 heavy (non-hydrogen) atoms. The summed E-state index contributed by atoms with van der Waals surface area (Å²) in [5.74, 6) is 0. The molecule has 1 radical (unpaired) electrons. The van der Waals surface area contributed by atoms with E-state index in [2.05, 4.69) is 349 Å². The van der Waals surface area contributed by atoms with Crippen LogP contribution < -0.4 is 0 Å². The minimum Gasteiger partial charge on any atom is -0.304 e. The van der Waals surface area contributed by atoms with Crippen molar-refractivity contribution in [2.75, 3.05) is 0 Å². The summed E-state index contributed by atoms with van der Waals surface area (Å²) in [4.78, 5) is 9.56. The number of aromatic nitrogens is 2. The predicted octanol–water partition coefficient (Wildman–Crippen LogP) is 23.3. The van der Waals surface area contributed by atoms with Crippen LogP contribution in [0.15, 0.2) is 346 Å². The Morgan fingerprint density at radius 1 is 0.220 bits per heavy atom. The van der Waals surface area contributed by atoms with Crippen molar-refractivity contribution in [3.8, 4) is 112 Å². The molecule has 0 fully saturated rings. The molecule has 0 aliphatic rings. The molecule has 2 aromatic heterocycles. The van der Waals surface area contributed by atoms with Gasteiger partial charge in [0.05, 0.1) is 5.69 Å². The normalized spacial score (nSPS) is 11.2. The van der Waals surface area contributed by atoms with Gasteiger partial charge in [0.1, 0.15) is 0 Å². The molecule has 2 heterocycles. The monoisotopic (exact) mass is 1350 g/mol. The number of hydrogen-bond acceptors (Lipinski definition) is 2. The molecule has 0 saturated heterocycles. The van der Waals surface area contributed by atoms with Crippen molar-refractivity contribution in [3.63, 3.8) is 0 Å². The van der Waals surface area contributed by atoms with Crippen molar-refractivity contribution in [2.45, 2.75) is 38.5 Å². The molecule has 14 aromatic rings. The molecule has 0 aliphatic heterocycles. The molecular formula is C88H69IrN2-.